The number of ether oxygens (including phenoxy) is 4. The zero-order chi connectivity index (χ0) is 18.2. The van der Waals surface area contributed by atoms with E-state index in [1.165, 1.54) is 12.8 Å². The van der Waals surface area contributed by atoms with E-state index in [4.69, 9.17) is 18.9 Å². The van der Waals surface area contributed by atoms with Crippen molar-refractivity contribution >= 4 is 23.3 Å². The van der Waals surface area contributed by atoms with Gasteiger partial charge in [0.2, 0.25) is 0 Å². The average Bonchev–Trinajstić information content (AvgIpc) is 2.98. The van der Waals surface area contributed by atoms with Gasteiger partial charge in [0.1, 0.15) is 12.7 Å². The second-order valence-corrected chi connectivity index (χ2v) is 6.78. The smallest absolute Gasteiger partial charge is 0.352 e. The van der Waals surface area contributed by atoms with E-state index in [1.807, 2.05) is 0 Å². The van der Waals surface area contributed by atoms with Crippen LogP contribution in [0.4, 0.5) is 0 Å². The van der Waals surface area contributed by atoms with Crippen molar-refractivity contribution in [3.05, 3.63) is 9.75 Å². The molecular formula is C18H26O6S. The molecule has 0 spiro atoms. The molecule has 1 aromatic rings. The molecule has 1 aliphatic rings. The maximum Gasteiger partial charge on any atom is 0.352 e. The number of carbonyl (C=O) groups excluding carboxylic acids is 2. The van der Waals surface area contributed by atoms with Crippen LogP contribution >= 0.6 is 11.3 Å². The summed E-state index contributed by atoms with van der Waals surface area (Å²) in [6.07, 6.45) is 5.28. The SMILES string of the molecule is CCCCCCC1COc2c(C(=O)OCC)sc(C(=O)OCC)c2O1. The largest absolute Gasteiger partial charge is 0.484 e. The van der Waals surface area contributed by atoms with Crippen molar-refractivity contribution in [2.24, 2.45) is 0 Å². The second-order valence-electron chi connectivity index (χ2n) is 5.76. The lowest BCUT2D eigenvalue weighted by Gasteiger charge is -2.25. The highest BCUT2D eigenvalue weighted by molar-refractivity contribution is 7.16. The first kappa shape index (κ1) is 19.6. The Balaban J connectivity index is 2.19. The minimum atomic E-state index is -0.510. The Morgan fingerprint density at radius 2 is 1.64 bits per heavy atom. The molecule has 1 aromatic heterocycles. The molecule has 0 fully saturated rings. The first-order valence-corrected chi connectivity index (χ1v) is 9.74. The monoisotopic (exact) mass is 370 g/mol. The van der Waals surface area contributed by atoms with E-state index in [2.05, 4.69) is 6.92 Å². The Bertz CT molecular complexity index is 595. The molecule has 25 heavy (non-hydrogen) atoms. The minimum Gasteiger partial charge on any atom is -0.484 e. The molecular weight excluding hydrogens is 344 g/mol. The summed E-state index contributed by atoms with van der Waals surface area (Å²) in [6, 6.07) is 0. The molecule has 7 heteroatoms. The number of esters is 2. The standard InChI is InChI=1S/C18H26O6S/c1-4-7-8-9-10-12-11-23-13-14(24-12)16(18(20)22-6-3)25-15(13)17(19)21-5-2/h12H,4-11H2,1-3H3. The van der Waals surface area contributed by atoms with Gasteiger partial charge in [0.25, 0.3) is 0 Å². The summed E-state index contributed by atoms with van der Waals surface area (Å²) in [4.78, 5) is 24.9. The van der Waals surface area contributed by atoms with Gasteiger partial charge in [-0.3, -0.25) is 0 Å². The zero-order valence-electron chi connectivity index (χ0n) is 15.1. The van der Waals surface area contributed by atoms with E-state index in [0.29, 0.717) is 18.1 Å². The first-order valence-electron chi connectivity index (χ1n) is 8.92. The third kappa shape index (κ3) is 4.87. The van der Waals surface area contributed by atoms with Crippen LogP contribution in [0.3, 0.4) is 0 Å². The maximum atomic E-state index is 12.2. The van der Waals surface area contributed by atoms with Gasteiger partial charge in [-0.25, -0.2) is 9.59 Å². The molecule has 0 aliphatic carbocycles. The predicted octanol–water partition coefficient (Wildman–Crippen LogP) is 4.21. The van der Waals surface area contributed by atoms with Crippen molar-refractivity contribution in [2.75, 3.05) is 19.8 Å². The van der Waals surface area contributed by atoms with E-state index in [-0.39, 0.29) is 29.1 Å². The number of rotatable bonds is 9. The van der Waals surface area contributed by atoms with E-state index < -0.39 is 11.9 Å². The zero-order valence-corrected chi connectivity index (χ0v) is 15.9. The van der Waals surface area contributed by atoms with Gasteiger partial charge in [-0.05, 0) is 26.7 Å². The van der Waals surface area contributed by atoms with Gasteiger partial charge in [0, 0.05) is 0 Å². The number of thiophene rings is 1. The van der Waals surface area contributed by atoms with Crippen LogP contribution in [0.1, 0.15) is 72.2 Å². The Morgan fingerprint density at radius 1 is 1.00 bits per heavy atom. The minimum absolute atomic E-state index is 0.123. The highest BCUT2D eigenvalue weighted by Crippen LogP contribution is 2.46. The predicted molar refractivity (Wildman–Crippen MR) is 94.9 cm³/mol. The van der Waals surface area contributed by atoms with Crippen LogP contribution in [-0.4, -0.2) is 37.9 Å². The highest BCUT2D eigenvalue weighted by Gasteiger charge is 2.35. The van der Waals surface area contributed by atoms with Crippen molar-refractivity contribution in [1.29, 1.82) is 0 Å². The maximum absolute atomic E-state index is 12.2. The third-order valence-corrected chi connectivity index (χ3v) is 4.93. The van der Waals surface area contributed by atoms with Gasteiger partial charge in [-0.1, -0.05) is 26.2 Å². The molecule has 0 saturated heterocycles. The Morgan fingerprint density at radius 3 is 2.24 bits per heavy atom. The summed E-state index contributed by atoms with van der Waals surface area (Å²) in [5, 5.41) is 0. The van der Waals surface area contributed by atoms with Gasteiger partial charge in [-0.15, -0.1) is 11.3 Å². The van der Waals surface area contributed by atoms with E-state index in [9.17, 15) is 9.59 Å². The molecule has 1 aliphatic heterocycles. The summed E-state index contributed by atoms with van der Waals surface area (Å²) in [5.41, 5.74) is 0. The fourth-order valence-electron chi connectivity index (χ4n) is 2.62. The van der Waals surface area contributed by atoms with Crippen LogP contribution in [0.25, 0.3) is 0 Å². The van der Waals surface area contributed by atoms with Crippen molar-refractivity contribution < 1.29 is 28.5 Å². The molecule has 0 amide bonds. The van der Waals surface area contributed by atoms with Gasteiger partial charge in [0.05, 0.1) is 13.2 Å². The van der Waals surface area contributed by atoms with Gasteiger partial charge >= 0.3 is 11.9 Å². The summed E-state index contributed by atoms with van der Waals surface area (Å²) in [7, 11) is 0. The van der Waals surface area contributed by atoms with Crippen molar-refractivity contribution in [3.63, 3.8) is 0 Å². The van der Waals surface area contributed by atoms with E-state index >= 15 is 0 Å². The number of unbranched alkanes of at least 4 members (excludes halogenated alkanes) is 3. The highest BCUT2D eigenvalue weighted by atomic mass is 32.1. The van der Waals surface area contributed by atoms with Crippen LogP contribution < -0.4 is 9.47 Å². The summed E-state index contributed by atoms with van der Waals surface area (Å²) < 4.78 is 21.9. The van der Waals surface area contributed by atoms with Crippen molar-refractivity contribution in [1.82, 2.24) is 0 Å². The molecule has 0 bridgehead atoms. The summed E-state index contributed by atoms with van der Waals surface area (Å²) in [6.45, 7) is 6.50. The topological polar surface area (TPSA) is 71.1 Å². The van der Waals surface area contributed by atoms with Crippen LogP contribution in [0.2, 0.25) is 0 Å². The molecule has 6 nitrogen and oxygen atoms in total. The molecule has 0 saturated carbocycles. The van der Waals surface area contributed by atoms with Crippen LogP contribution in [0, 0.1) is 0 Å². The van der Waals surface area contributed by atoms with Crippen molar-refractivity contribution in [2.45, 2.75) is 59.0 Å². The van der Waals surface area contributed by atoms with Crippen LogP contribution in [0.5, 0.6) is 11.5 Å². The Hall–Kier alpha value is -1.76. The number of hydrogen-bond acceptors (Lipinski definition) is 7. The summed E-state index contributed by atoms with van der Waals surface area (Å²) in [5.74, 6) is -0.395. The quantitative estimate of drug-likeness (QED) is 0.479. The molecule has 2 rings (SSSR count). The van der Waals surface area contributed by atoms with E-state index in [0.717, 1.165) is 30.6 Å². The lowest BCUT2D eigenvalue weighted by Crippen LogP contribution is -2.29. The molecule has 140 valence electrons. The van der Waals surface area contributed by atoms with Gasteiger partial charge in [0.15, 0.2) is 21.3 Å². The van der Waals surface area contributed by atoms with E-state index in [1.54, 1.807) is 13.8 Å². The van der Waals surface area contributed by atoms with Crippen LogP contribution in [0.15, 0.2) is 0 Å². The molecule has 0 N–H and O–H groups in total. The summed E-state index contributed by atoms with van der Waals surface area (Å²) >= 11 is 1.01. The number of carbonyl (C=O) groups is 2. The lowest BCUT2D eigenvalue weighted by molar-refractivity contribution is 0.0477. The molecule has 1 unspecified atom stereocenters. The number of hydrogen-bond donors (Lipinski definition) is 0. The molecule has 0 radical (unpaired) electrons. The second kappa shape index (κ2) is 9.65. The van der Waals surface area contributed by atoms with Gasteiger partial charge < -0.3 is 18.9 Å². The van der Waals surface area contributed by atoms with Gasteiger partial charge in [-0.2, -0.15) is 0 Å². The Kier molecular flexibility index (Phi) is 7.55. The van der Waals surface area contributed by atoms with Crippen molar-refractivity contribution in [3.8, 4) is 11.5 Å². The Labute approximate surface area is 152 Å². The average molecular weight is 370 g/mol. The number of fused-ring (bicyclic) bond motifs is 1. The normalized spacial score (nSPS) is 15.7. The molecule has 1 atom stereocenters. The lowest BCUT2D eigenvalue weighted by atomic mass is 10.1. The molecule has 0 aromatic carbocycles. The fraction of sp³-hybridized carbons (Fsp3) is 0.667. The van der Waals surface area contributed by atoms with Crippen LogP contribution in [-0.2, 0) is 9.47 Å². The fourth-order valence-corrected chi connectivity index (χ4v) is 3.59. The first-order chi connectivity index (χ1) is 12.1. The molecule has 2 heterocycles. The third-order valence-electron chi connectivity index (χ3n) is 3.82.